The van der Waals surface area contributed by atoms with Gasteiger partial charge in [-0.25, -0.2) is 4.79 Å². The van der Waals surface area contributed by atoms with Gasteiger partial charge in [0.25, 0.3) is 0 Å². The zero-order valence-electron chi connectivity index (χ0n) is 19.6. The highest BCUT2D eigenvalue weighted by molar-refractivity contribution is 7.16. The average Bonchev–Trinajstić information content (AvgIpc) is 3.37. The summed E-state index contributed by atoms with van der Waals surface area (Å²) in [4.78, 5) is 29.6. The summed E-state index contributed by atoms with van der Waals surface area (Å²) in [5.41, 5.74) is 4.11. The van der Waals surface area contributed by atoms with E-state index >= 15 is 0 Å². The van der Waals surface area contributed by atoms with Crippen LogP contribution in [0.25, 0.3) is 6.08 Å². The number of hydrogen-bond acceptors (Lipinski definition) is 7. The number of rotatable bonds is 7. The van der Waals surface area contributed by atoms with Gasteiger partial charge in [0.15, 0.2) is 0 Å². The van der Waals surface area contributed by atoms with E-state index in [0.717, 1.165) is 33.8 Å². The quantitative estimate of drug-likeness (QED) is 0.487. The molecular formula is C25H26N6O3S. The van der Waals surface area contributed by atoms with Crippen molar-refractivity contribution in [3.63, 3.8) is 0 Å². The Balaban J connectivity index is 1.31. The van der Waals surface area contributed by atoms with Crippen LogP contribution in [-0.2, 0) is 36.0 Å². The number of fused-ring (bicyclic) bond motifs is 1. The van der Waals surface area contributed by atoms with Gasteiger partial charge in [0.05, 0.1) is 30.1 Å². The second kappa shape index (κ2) is 11.0. The molecule has 1 unspecified atom stereocenters. The highest BCUT2D eigenvalue weighted by atomic mass is 32.1. The molecule has 1 aliphatic rings. The van der Waals surface area contributed by atoms with Crippen molar-refractivity contribution in [3.8, 4) is 6.07 Å². The van der Waals surface area contributed by atoms with Crippen LogP contribution in [0.5, 0.6) is 0 Å². The van der Waals surface area contributed by atoms with Crippen LogP contribution in [0.3, 0.4) is 0 Å². The molecule has 2 amide bonds. The van der Waals surface area contributed by atoms with Gasteiger partial charge in [-0.15, -0.1) is 11.3 Å². The molecule has 0 spiro atoms. The fraction of sp³-hybridized carbons (Fsp3) is 0.320. The Bertz CT molecular complexity index is 1290. The van der Waals surface area contributed by atoms with Crippen molar-refractivity contribution < 1.29 is 14.3 Å². The maximum absolute atomic E-state index is 12.4. The topological polar surface area (TPSA) is 122 Å². The summed E-state index contributed by atoms with van der Waals surface area (Å²) in [5, 5.41) is 20.1. The van der Waals surface area contributed by atoms with Gasteiger partial charge in [-0.3, -0.25) is 14.5 Å². The van der Waals surface area contributed by atoms with Crippen molar-refractivity contribution >= 4 is 34.4 Å². The fourth-order valence-electron chi connectivity index (χ4n) is 4.04. The lowest BCUT2D eigenvalue weighted by atomic mass is 9.88. The number of hydrogen-bond donors (Lipinski definition) is 2. The lowest BCUT2D eigenvalue weighted by Crippen LogP contribution is -2.28. The largest absolute Gasteiger partial charge is 0.449 e. The first kappa shape index (κ1) is 24.2. The Labute approximate surface area is 207 Å². The first-order valence-corrected chi connectivity index (χ1v) is 12.1. The molecule has 2 N–H and O–H groups in total. The van der Waals surface area contributed by atoms with Crippen molar-refractivity contribution in [3.05, 3.63) is 69.6 Å². The first-order valence-electron chi connectivity index (χ1n) is 11.3. The molecule has 1 aliphatic carbocycles. The van der Waals surface area contributed by atoms with E-state index in [9.17, 15) is 14.9 Å². The Morgan fingerprint density at radius 2 is 2.29 bits per heavy atom. The third-order valence-corrected chi connectivity index (χ3v) is 6.96. The zero-order chi connectivity index (χ0) is 24.8. The number of amides is 2. The molecule has 0 bridgehead atoms. The minimum absolute atomic E-state index is 0.159. The van der Waals surface area contributed by atoms with Gasteiger partial charge in [-0.2, -0.15) is 10.4 Å². The number of nitriles is 1. The van der Waals surface area contributed by atoms with Gasteiger partial charge in [0.1, 0.15) is 11.1 Å². The predicted octanol–water partition coefficient (Wildman–Crippen LogP) is 3.74. The van der Waals surface area contributed by atoms with Gasteiger partial charge in [0.2, 0.25) is 5.91 Å². The lowest BCUT2D eigenvalue weighted by Gasteiger charge is -2.21. The molecule has 1 atom stereocenters. The van der Waals surface area contributed by atoms with Gasteiger partial charge in [-0.05, 0) is 61.4 Å². The van der Waals surface area contributed by atoms with Crippen LogP contribution in [-0.4, -0.2) is 33.4 Å². The number of nitrogens with zero attached hydrogens (tertiary/aromatic N) is 4. The molecule has 0 aromatic carbocycles. The maximum atomic E-state index is 12.4. The number of thiophene rings is 1. The van der Waals surface area contributed by atoms with E-state index in [2.05, 4.69) is 26.8 Å². The third-order valence-electron chi connectivity index (χ3n) is 5.79. The van der Waals surface area contributed by atoms with E-state index < -0.39 is 6.09 Å². The van der Waals surface area contributed by atoms with Crippen LogP contribution >= 0.6 is 11.3 Å². The van der Waals surface area contributed by atoms with E-state index in [1.54, 1.807) is 29.2 Å². The summed E-state index contributed by atoms with van der Waals surface area (Å²) in [6.45, 7) is 2.54. The maximum Gasteiger partial charge on any atom is 0.407 e. The molecule has 3 heterocycles. The van der Waals surface area contributed by atoms with E-state index in [1.165, 1.54) is 17.4 Å². The van der Waals surface area contributed by atoms with Crippen LogP contribution in [0.2, 0.25) is 0 Å². The number of ether oxygens (including phenoxy) is 1. The van der Waals surface area contributed by atoms with E-state index in [0.29, 0.717) is 36.6 Å². The van der Waals surface area contributed by atoms with E-state index in [-0.39, 0.29) is 11.8 Å². The SMILES string of the molecule is Cc1cc(CNC(=O)OCC2CCc3c(sc(NC(=O)C=Cc4cccnc4)c3C#N)C2)n(C)n1. The van der Waals surface area contributed by atoms with Crippen LogP contribution in [0.15, 0.2) is 36.7 Å². The molecular weight excluding hydrogens is 464 g/mol. The minimum Gasteiger partial charge on any atom is -0.449 e. The number of carbonyl (C=O) groups is 2. The van der Waals surface area contributed by atoms with Crippen molar-refractivity contribution in [2.75, 3.05) is 11.9 Å². The predicted molar refractivity (Wildman–Crippen MR) is 133 cm³/mol. The smallest absolute Gasteiger partial charge is 0.407 e. The molecule has 3 aromatic rings. The lowest BCUT2D eigenvalue weighted by molar-refractivity contribution is -0.111. The number of aromatic nitrogens is 3. The monoisotopic (exact) mass is 490 g/mol. The molecule has 4 rings (SSSR count). The average molecular weight is 491 g/mol. The molecule has 0 aliphatic heterocycles. The molecule has 35 heavy (non-hydrogen) atoms. The number of pyridine rings is 1. The number of alkyl carbamates (subject to hydrolysis) is 1. The van der Waals surface area contributed by atoms with Crippen molar-refractivity contribution in [1.29, 1.82) is 5.26 Å². The molecule has 3 aromatic heterocycles. The standard InChI is InChI=1S/C25H26N6O3S/c1-16-10-19(31(2)30-16)14-28-25(33)34-15-18-5-7-20-21(12-26)24(35-22(20)11-18)29-23(32)8-6-17-4-3-9-27-13-17/h3-4,6,8-10,13,18H,5,7,11,14-15H2,1-2H3,(H,28,33)(H,29,32). The van der Waals surface area contributed by atoms with Gasteiger partial charge in [-0.1, -0.05) is 6.07 Å². The van der Waals surface area contributed by atoms with Gasteiger partial charge in [0, 0.05) is 30.4 Å². The number of nitrogens with one attached hydrogen (secondary N) is 2. The van der Waals surface area contributed by atoms with E-state index in [4.69, 9.17) is 4.74 Å². The first-order chi connectivity index (χ1) is 16.9. The van der Waals surface area contributed by atoms with E-state index in [1.807, 2.05) is 26.1 Å². The van der Waals surface area contributed by atoms with Crippen LogP contribution < -0.4 is 10.6 Å². The summed E-state index contributed by atoms with van der Waals surface area (Å²) >= 11 is 1.42. The van der Waals surface area contributed by atoms with Crippen molar-refractivity contribution in [1.82, 2.24) is 20.1 Å². The molecule has 9 nitrogen and oxygen atoms in total. The molecule has 180 valence electrons. The van der Waals surface area contributed by atoms with Crippen LogP contribution in [0.4, 0.5) is 9.80 Å². The van der Waals surface area contributed by atoms with Crippen LogP contribution in [0.1, 0.15) is 39.4 Å². The van der Waals surface area contributed by atoms with Gasteiger partial charge >= 0.3 is 6.09 Å². The normalized spacial score (nSPS) is 14.8. The second-order valence-corrected chi connectivity index (χ2v) is 9.50. The number of carbonyl (C=O) groups excluding carboxylic acids is 2. The highest BCUT2D eigenvalue weighted by Crippen LogP contribution is 2.39. The van der Waals surface area contributed by atoms with Crippen LogP contribution in [0, 0.1) is 24.2 Å². The molecule has 0 radical (unpaired) electrons. The van der Waals surface area contributed by atoms with Gasteiger partial charge < -0.3 is 15.4 Å². The molecule has 0 saturated heterocycles. The Morgan fingerprint density at radius 1 is 1.43 bits per heavy atom. The Kier molecular flexibility index (Phi) is 7.57. The summed E-state index contributed by atoms with van der Waals surface area (Å²) in [7, 11) is 1.83. The zero-order valence-corrected chi connectivity index (χ0v) is 20.4. The minimum atomic E-state index is -0.466. The third kappa shape index (κ3) is 6.13. The van der Waals surface area contributed by atoms with Crippen molar-refractivity contribution in [2.24, 2.45) is 13.0 Å². The summed E-state index contributed by atoms with van der Waals surface area (Å²) in [6.07, 6.45) is 8.18. The summed E-state index contributed by atoms with van der Waals surface area (Å²) in [6, 6.07) is 7.81. The Hall–Kier alpha value is -3.97. The molecule has 0 saturated carbocycles. The van der Waals surface area contributed by atoms with Crippen molar-refractivity contribution in [2.45, 2.75) is 32.7 Å². The summed E-state index contributed by atoms with van der Waals surface area (Å²) in [5.74, 6) is -0.143. The summed E-state index contributed by atoms with van der Waals surface area (Å²) < 4.78 is 7.17. The fourth-order valence-corrected chi connectivity index (χ4v) is 5.36. The molecule has 10 heteroatoms. The highest BCUT2D eigenvalue weighted by Gasteiger charge is 2.27. The number of anilines is 1. The molecule has 0 fully saturated rings. The Morgan fingerprint density at radius 3 is 3.00 bits per heavy atom. The number of aryl methyl sites for hydroxylation is 2. The second-order valence-electron chi connectivity index (χ2n) is 8.39.